The molecule has 118 valence electrons. The molecule has 0 radical (unpaired) electrons. The van der Waals surface area contributed by atoms with Crippen LogP contribution >= 0.6 is 11.8 Å². The van der Waals surface area contributed by atoms with Crippen molar-refractivity contribution in [1.82, 2.24) is 29.9 Å². The van der Waals surface area contributed by atoms with E-state index in [0.29, 0.717) is 16.0 Å². The molecular weight excluding hydrogens is 329 g/mol. The van der Waals surface area contributed by atoms with Gasteiger partial charge >= 0.3 is 6.18 Å². The van der Waals surface area contributed by atoms with Crippen LogP contribution in [0.5, 0.6) is 0 Å². The summed E-state index contributed by atoms with van der Waals surface area (Å²) in [4.78, 5) is 3.93. The van der Waals surface area contributed by atoms with Crippen molar-refractivity contribution in [1.29, 1.82) is 0 Å². The van der Waals surface area contributed by atoms with Gasteiger partial charge in [-0.1, -0.05) is 0 Å². The van der Waals surface area contributed by atoms with Gasteiger partial charge in [0.25, 0.3) is 0 Å². The van der Waals surface area contributed by atoms with E-state index >= 15 is 0 Å². The van der Waals surface area contributed by atoms with Crippen LogP contribution in [0.1, 0.15) is 5.69 Å². The topological polar surface area (TPSA) is 69.4 Å². The van der Waals surface area contributed by atoms with Gasteiger partial charge in [0.2, 0.25) is 0 Å². The molecule has 0 unspecified atom stereocenters. The van der Waals surface area contributed by atoms with E-state index in [4.69, 9.17) is 0 Å². The Morgan fingerprint density at radius 3 is 2.30 bits per heavy atom. The van der Waals surface area contributed by atoms with E-state index in [2.05, 4.69) is 25.4 Å². The van der Waals surface area contributed by atoms with Crippen LogP contribution in [-0.2, 0) is 13.2 Å². The van der Waals surface area contributed by atoms with Crippen LogP contribution in [-0.4, -0.2) is 29.9 Å². The molecule has 0 fully saturated rings. The zero-order valence-corrected chi connectivity index (χ0v) is 12.5. The molecule has 0 spiro atoms. The van der Waals surface area contributed by atoms with E-state index in [0.717, 1.165) is 23.4 Å². The van der Waals surface area contributed by atoms with Gasteiger partial charge in [-0.05, 0) is 36.0 Å². The maximum absolute atomic E-state index is 12.5. The van der Waals surface area contributed by atoms with Crippen LogP contribution in [0.25, 0.3) is 11.4 Å². The van der Waals surface area contributed by atoms with Crippen LogP contribution < -0.4 is 0 Å². The average Bonchev–Trinajstić information content (AvgIpc) is 2.89. The molecule has 0 saturated heterocycles. The maximum Gasteiger partial charge on any atom is 0.435 e. The summed E-state index contributed by atoms with van der Waals surface area (Å²) in [5.41, 5.74) is -0.197. The van der Waals surface area contributed by atoms with Gasteiger partial charge in [0.1, 0.15) is 5.03 Å². The van der Waals surface area contributed by atoms with Gasteiger partial charge < -0.3 is 4.57 Å². The van der Waals surface area contributed by atoms with Gasteiger partial charge in [-0.15, -0.1) is 20.4 Å². The van der Waals surface area contributed by atoms with Crippen LogP contribution in [0.4, 0.5) is 13.2 Å². The van der Waals surface area contributed by atoms with Crippen LogP contribution in [0, 0.1) is 0 Å². The highest BCUT2D eigenvalue weighted by Crippen LogP contribution is 2.30. The first-order valence-corrected chi connectivity index (χ1v) is 7.15. The molecule has 0 bridgehead atoms. The highest BCUT2D eigenvalue weighted by molar-refractivity contribution is 7.99. The fraction of sp³-hybridized carbons (Fsp3) is 0.154. The quantitative estimate of drug-likeness (QED) is 0.731. The van der Waals surface area contributed by atoms with Crippen molar-refractivity contribution in [2.24, 2.45) is 7.05 Å². The first kappa shape index (κ1) is 15.4. The molecule has 3 aromatic heterocycles. The van der Waals surface area contributed by atoms with Gasteiger partial charge in [0.15, 0.2) is 16.7 Å². The smallest absolute Gasteiger partial charge is 0.305 e. The lowest BCUT2D eigenvalue weighted by molar-refractivity contribution is -0.141. The zero-order chi connectivity index (χ0) is 16.4. The predicted octanol–water partition coefficient (Wildman–Crippen LogP) is 2.84. The van der Waals surface area contributed by atoms with Crippen LogP contribution in [0.2, 0.25) is 0 Å². The molecule has 0 aromatic carbocycles. The summed E-state index contributed by atoms with van der Waals surface area (Å²) in [6.07, 6.45) is -1.23. The lowest BCUT2D eigenvalue weighted by atomic mass is 10.2. The number of nitrogens with zero attached hydrogens (tertiary/aromatic N) is 6. The first-order chi connectivity index (χ1) is 10.9. The minimum absolute atomic E-state index is 0.301. The Morgan fingerprint density at radius 2 is 1.70 bits per heavy atom. The third-order valence-electron chi connectivity index (χ3n) is 2.90. The number of halogens is 3. The molecule has 3 rings (SSSR count). The minimum atomic E-state index is -4.50. The predicted molar refractivity (Wildman–Crippen MR) is 75.4 cm³/mol. The molecule has 0 N–H and O–H groups in total. The number of aromatic nitrogens is 6. The molecule has 0 aliphatic carbocycles. The highest BCUT2D eigenvalue weighted by Gasteiger charge is 2.32. The zero-order valence-electron chi connectivity index (χ0n) is 11.7. The van der Waals surface area contributed by atoms with Crippen LogP contribution in [0.15, 0.2) is 46.8 Å². The summed E-state index contributed by atoms with van der Waals surface area (Å²) in [5, 5.41) is 15.6. The van der Waals surface area contributed by atoms with Crippen molar-refractivity contribution >= 4 is 11.8 Å². The monoisotopic (exact) mass is 338 g/mol. The molecule has 3 aromatic rings. The van der Waals surface area contributed by atoms with Gasteiger partial charge in [-0.2, -0.15) is 13.2 Å². The van der Waals surface area contributed by atoms with Crippen molar-refractivity contribution in [2.75, 3.05) is 0 Å². The number of hydrogen-bond acceptors (Lipinski definition) is 6. The minimum Gasteiger partial charge on any atom is -0.305 e. The Bertz CT molecular complexity index is 801. The molecule has 23 heavy (non-hydrogen) atoms. The number of hydrogen-bond donors (Lipinski definition) is 0. The standard InChI is InChI=1S/C13H9F3N6S/c1-22-11(8-4-6-17-7-5-8)20-21-12(22)23-10-3-2-9(18-19-10)13(14,15)16/h2-7H,1H3. The molecule has 10 heteroatoms. The van der Waals surface area contributed by atoms with Crippen LogP contribution in [0.3, 0.4) is 0 Å². The Kier molecular flexibility index (Phi) is 3.99. The number of pyridine rings is 1. The molecule has 0 atom stereocenters. The summed E-state index contributed by atoms with van der Waals surface area (Å²) < 4.78 is 39.1. The molecule has 0 aliphatic heterocycles. The Balaban J connectivity index is 1.83. The number of alkyl halides is 3. The molecule has 0 aliphatic rings. The molecule has 3 heterocycles. The van der Waals surface area contributed by atoms with E-state index in [1.165, 1.54) is 6.07 Å². The largest absolute Gasteiger partial charge is 0.435 e. The van der Waals surface area contributed by atoms with Gasteiger partial charge in [0.05, 0.1) is 0 Å². The highest BCUT2D eigenvalue weighted by atomic mass is 32.2. The first-order valence-electron chi connectivity index (χ1n) is 6.34. The van der Waals surface area contributed by atoms with Crippen molar-refractivity contribution < 1.29 is 13.2 Å². The molecule has 6 nitrogen and oxygen atoms in total. The second-order valence-electron chi connectivity index (χ2n) is 4.46. The normalized spacial score (nSPS) is 11.7. The van der Waals surface area contributed by atoms with Crippen molar-refractivity contribution in [3.8, 4) is 11.4 Å². The van der Waals surface area contributed by atoms with E-state index in [1.54, 1.807) is 36.1 Å². The second kappa shape index (κ2) is 5.95. The van der Waals surface area contributed by atoms with Crippen molar-refractivity contribution in [2.45, 2.75) is 16.4 Å². The van der Waals surface area contributed by atoms with E-state index < -0.39 is 11.9 Å². The fourth-order valence-electron chi connectivity index (χ4n) is 1.78. The summed E-state index contributed by atoms with van der Waals surface area (Å²) in [6.45, 7) is 0. The van der Waals surface area contributed by atoms with E-state index in [1.807, 2.05) is 0 Å². The number of rotatable bonds is 3. The Labute approximate surface area is 132 Å². The lowest BCUT2D eigenvalue weighted by Crippen LogP contribution is -2.08. The third kappa shape index (κ3) is 3.31. The van der Waals surface area contributed by atoms with Gasteiger partial charge in [0, 0.05) is 25.0 Å². The van der Waals surface area contributed by atoms with E-state index in [9.17, 15) is 13.2 Å². The third-order valence-corrected chi connectivity index (χ3v) is 3.86. The summed E-state index contributed by atoms with van der Waals surface area (Å²) >= 11 is 1.08. The Morgan fingerprint density at radius 1 is 0.957 bits per heavy atom. The Hall–Kier alpha value is -2.49. The van der Waals surface area contributed by atoms with Crippen molar-refractivity contribution in [3.05, 3.63) is 42.4 Å². The van der Waals surface area contributed by atoms with E-state index in [-0.39, 0.29) is 0 Å². The second-order valence-corrected chi connectivity index (χ2v) is 5.45. The maximum atomic E-state index is 12.5. The SMILES string of the molecule is Cn1c(Sc2ccc(C(F)(F)F)nn2)nnc1-c1ccncc1. The van der Waals surface area contributed by atoms with Gasteiger partial charge in [-0.25, -0.2) is 0 Å². The van der Waals surface area contributed by atoms with Crippen molar-refractivity contribution in [3.63, 3.8) is 0 Å². The summed E-state index contributed by atoms with van der Waals surface area (Å²) in [6, 6.07) is 5.71. The molecular formula is C13H9F3N6S. The molecule has 0 amide bonds. The molecule has 0 saturated carbocycles. The summed E-state index contributed by atoms with van der Waals surface area (Å²) in [7, 11) is 1.76. The van der Waals surface area contributed by atoms with Gasteiger partial charge in [-0.3, -0.25) is 4.98 Å². The fourth-order valence-corrected chi connectivity index (χ4v) is 2.49. The average molecular weight is 338 g/mol. The lowest BCUT2D eigenvalue weighted by Gasteiger charge is -2.05. The summed E-state index contributed by atoms with van der Waals surface area (Å²) in [5.74, 6) is 0.620.